The van der Waals surface area contributed by atoms with E-state index < -0.39 is 5.97 Å². The largest absolute Gasteiger partial charge is 0.493 e. The first kappa shape index (κ1) is 27.0. The zero-order chi connectivity index (χ0) is 27.7. The number of hydrogen-bond acceptors (Lipinski definition) is 6. The molecule has 0 fully saturated rings. The smallest absolute Gasteiger partial charge is 0.311 e. The first-order chi connectivity index (χ1) is 18.8. The van der Waals surface area contributed by atoms with Gasteiger partial charge in [0.1, 0.15) is 6.42 Å². The standard InChI is InChI=1S/C28H29Cl2N5O4/c1-16(29)22-9-10-23-17(11-12-34-32-26(31-33-34)15-27(36)37)13-20(19-5-4-6-25(38-2)28(19)39-3)21-14-18(30)7-8-24(21)35(22)23/h4-10,14,16-17,20H,11-13,15H2,1-3H3,(H,36,37)/t16?,17-,20+/m0/s1. The average molecular weight is 570 g/mol. The Morgan fingerprint density at radius 1 is 1.15 bits per heavy atom. The molecule has 4 aromatic rings. The van der Waals surface area contributed by atoms with Gasteiger partial charge in [0.05, 0.1) is 26.1 Å². The van der Waals surface area contributed by atoms with Crippen LogP contribution in [0.25, 0.3) is 5.69 Å². The number of tetrazole rings is 1. The molecule has 0 radical (unpaired) electrons. The zero-order valence-electron chi connectivity index (χ0n) is 21.8. The van der Waals surface area contributed by atoms with E-state index in [2.05, 4.69) is 38.2 Å². The van der Waals surface area contributed by atoms with Gasteiger partial charge in [0, 0.05) is 39.5 Å². The number of fused-ring (bicyclic) bond motifs is 3. The Kier molecular flexibility index (Phi) is 7.81. The van der Waals surface area contributed by atoms with E-state index in [1.165, 1.54) is 4.80 Å². The van der Waals surface area contributed by atoms with Crippen LogP contribution in [0.1, 0.15) is 65.3 Å². The second-order valence-corrected chi connectivity index (χ2v) is 10.7. The van der Waals surface area contributed by atoms with Gasteiger partial charge in [-0.15, -0.1) is 21.8 Å². The Morgan fingerprint density at radius 2 is 1.97 bits per heavy atom. The molecule has 11 heteroatoms. The van der Waals surface area contributed by atoms with Gasteiger partial charge in [-0.1, -0.05) is 23.7 Å². The van der Waals surface area contributed by atoms with E-state index in [-0.39, 0.29) is 29.5 Å². The fraction of sp³-hybridized carbons (Fsp3) is 0.357. The number of halogens is 2. The number of methoxy groups -OCH3 is 2. The molecule has 39 heavy (non-hydrogen) atoms. The van der Waals surface area contributed by atoms with Crippen molar-refractivity contribution >= 4 is 29.2 Å². The van der Waals surface area contributed by atoms with Gasteiger partial charge in [0.2, 0.25) is 0 Å². The van der Waals surface area contributed by atoms with E-state index >= 15 is 0 Å². The van der Waals surface area contributed by atoms with Crippen LogP contribution < -0.4 is 9.47 Å². The number of rotatable bonds is 9. The van der Waals surface area contributed by atoms with E-state index in [4.69, 9.17) is 37.8 Å². The topological polar surface area (TPSA) is 104 Å². The lowest BCUT2D eigenvalue weighted by atomic mass is 9.81. The van der Waals surface area contributed by atoms with E-state index in [1.807, 2.05) is 37.3 Å². The van der Waals surface area contributed by atoms with Crippen molar-refractivity contribution < 1.29 is 19.4 Å². The summed E-state index contributed by atoms with van der Waals surface area (Å²) in [6.07, 6.45) is 1.16. The molecule has 1 aliphatic heterocycles. The van der Waals surface area contributed by atoms with Gasteiger partial charge in [-0.2, -0.15) is 4.80 Å². The Bertz CT molecular complexity index is 1500. The number of alkyl halides is 1. The van der Waals surface area contributed by atoms with Crippen molar-refractivity contribution in [2.75, 3.05) is 14.2 Å². The minimum atomic E-state index is -0.995. The fourth-order valence-electron chi connectivity index (χ4n) is 5.51. The van der Waals surface area contributed by atoms with Crippen molar-refractivity contribution in [2.24, 2.45) is 0 Å². The summed E-state index contributed by atoms with van der Waals surface area (Å²) in [6, 6.07) is 16.1. The van der Waals surface area contributed by atoms with Crippen LogP contribution in [-0.2, 0) is 17.8 Å². The molecule has 2 aromatic carbocycles. The first-order valence-corrected chi connectivity index (χ1v) is 13.5. The van der Waals surface area contributed by atoms with Crippen molar-refractivity contribution in [1.29, 1.82) is 0 Å². The molecule has 0 amide bonds. The predicted octanol–water partition coefficient (Wildman–Crippen LogP) is 5.77. The van der Waals surface area contributed by atoms with Crippen LogP contribution in [0.4, 0.5) is 0 Å². The number of nitrogens with zero attached hydrogens (tertiary/aromatic N) is 5. The van der Waals surface area contributed by atoms with Crippen molar-refractivity contribution in [2.45, 2.75) is 49.9 Å². The van der Waals surface area contributed by atoms with Crippen LogP contribution in [0.15, 0.2) is 48.5 Å². The Labute approximate surface area is 236 Å². The van der Waals surface area contributed by atoms with E-state index in [0.29, 0.717) is 29.5 Å². The van der Waals surface area contributed by atoms with E-state index in [1.54, 1.807) is 14.2 Å². The molecule has 1 aliphatic rings. The second kappa shape index (κ2) is 11.3. The average Bonchev–Trinajstić information content (AvgIpc) is 3.52. The van der Waals surface area contributed by atoms with Crippen LogP contribution in [0.5, 0.6) is 11.5 Å². The van der Waals surface area contributed by atoms with Gasteiger partial charge in [0.15, 0.2) is 17.3 Å². The molecule has 204 valence electrons. The van der Waals surface area contributed by atoms with Crippen LogP contribution in [-0.4, -0.2) is 50.1 Å². The molecule has 1 N–H and O–H groups in total. The predicted molar refractivity (Wildman–Crippen MR) is 148 cm³/mol. The number of carboxylic acids is 1. The maximum absolute atomic E-state index is 11.1. The minimum Gasteiger partial charge on any atom is -0.493 e. The quantitative estimate of drug-likeness (QED) is 0.255. The van der Waals surface area contributed by atoms with Gasteiger partial charge < -0.3 is 19.1 Å². The van der Waals surface area contributed by atoms with Gasteiger partial charge in [0.25, 0.3) is 0 Å². The van der Waals surface area contributed by atoms with Gasteiger partial charge in [-0.3, -0.25) is 4.79 Å². The molecular weight excluding hydrogens is 541 g/mol. The Balaban J connectivity index is 1.62. The maximum Gasteiger partial charge on any atom is 0.311 e. The lowest BCUT2D eigenvalue weighted by Gasteiger charge is -2.24. The third-order valence-electron chi connectivity index (χ3n) is 7.18. The number of carbonyl (C=O) groups is 1. The maximum atomic E-state index is 11.1. The lowest BCUT2D eigenvalue weighted by Crippen LogP contribution is -2.13. The van der Waals surface area contributed by atoms with Gasteiger partial charge in [-0.05, 0) is 66.9 Å². The van der Waals surface area contributed by atoms with Crippen molar-refractivity contribution in [3.05, 3.63) is 81.9 Å². The summed E-state index contributed by atoms with van der Waals surface area (Å²) >= 11 is 13.2. The highest BCUT2D eigenvalue weighted by molar-refractivity contribution is 6.30. The number of ether oxygens (including phenoxy) is 2. The summed E-state index contributed by atoms with van der Waals surface area (Å²) in [5.74, 6) is 0.528. The summed E-state index contributed by atoms with van der Waals surface area (Å²) in [4.78, 5) is 12.5. The fourth-order valence-corrected chi connectivity index (χ4v) is 5.86. The monoisotopic (exact) mass is 569 g/mol. The summed E-state index contributed by atoms with van der Waals surface area (Å²) in [6.45, 7) is 2.43. The number of para-hydroxylation sites is 1. The molecule has 1 unspecified atom stereocenters. The third kappa shape index (κ3) is 5.33. The van der Waals surface area contributed by atoms with Crippen molar-refractivity contribution in [3.63, 3.8) is 0 Å². The molecule has 3 atom stereocenters. The summed E-state index contributed by atoms with van der Waals surface area (Å²) in [7, 11) is 3.28. The number of hydrogen-bond donors (Lipinski definition) is 1. The summed E-state index contributed by atoms with van der Waals surface area (Å²) in [5, 5.41) is 21.7. The number of aliphatic carboxylic acids is 1. The van der Waals surface area contributed by atoms with Crippen LogP contribution in [0.2, 0.25) is 5.02 Å². The normalized spacial score (nSPS) is 17.2. The third-order valence-corrected chi connectivity index (χ3v) is 7.64. The molecular formula is C28H29Cl2N5O4. The molecule has 3 heterocycles. The summed E-state index contributed by atoms with van der Waals surface area (Å²) in [5.41, 5.74) is 5.19. The minimum absolute atomic E-state index is 0.0650. The van der Waals surface area contributed by atoms with Gasteiger partial charge >= 0.3 is 5.97 Å². The molecule has 5 rings (SSSR count). The van der Waals surface area contributed by atoms with Crippen LogP contribution in [0.3, 0.4) is 0 Å². The molecule has 0 bridgehead atoms. The number of aryl methyl sites for hydroxylation is 1. The molecule has 0 saturated heterocycles. The second-order valence-electron chi connectivity index (χ2n) is 9.57. The van der Waals surface area contributed by atoms with Crippen molar-refractivity contribution in [3.8, 4) is 17.2 Å². The molecule has 0 spiro atoms. The number of carboxylic acid groups (broad SMARTS) is 1. The molecule has 0 aliphatic carbocycles. The highest BCUT2D eigenvalue weighted by atomic mass is 35.5. The zero-order valence-corrected chi connectivity index (χ0v) is 23.4. The SMILES string of the molecule is COc1cccc([C@H]2C[C@H](CCn3nnc(CC(=O)O)n3)c3ccc(C(C)Cl)n3-c3ccc(Cl)cc32)c1OC. The van der Waals surface area contributed by atoms with Crippen LogP contribution in [0, 0.1) is 0 Å². The molecule has 9 nitrogen and oxygen atoms in total. The van der Waals surface area contributed by atoms with Crippen molar-refractivity contribution in [1.82, 2.24) is 24.8 Å². The molecule has 0 saturated carbocycles. The Hall–Kier alpha value is -3.56. The highest BCUT2D eigenvalue weighted by Gasteiger charge is 2.34. The highest BCUT2D eigenvalue weighted by Crippen LogP contribution is 2.49. The number of aromatic nitrogens is 5. The van der Waals surface area contributed by atoms with Crippen LogP contribution >= 0.6 is 23.2 Å². The lowest BCUT2D eigenvalue weighted by molar-refractivity contribution is -0.136. The van der Waals surface area contributed by atoms with E-state index in [0.717, 1.165) is 34.6 Å². The molecule has 2 aromatic heterocycles. The summed E-state index contributed by atoms with van der Waals surface area (Å²) < 4.78 is 13.7. The number of benzene rings is 2. The first-order valence-electron chi connectivity index (χ1n) is 12.7. The van der Waals surface area contributed by atoms with Gasteiger partial charge in [-0.25, -0.2) is 0 Å². The van der Waals surface area contributed by atoms with E-state index in [9.17, 15) is 4.79 Å². The Morgan fingerprint density at radius 3 is 2.69 bits per heavy atom.